The lowest BCUT2D eigenvalue weighted by Crippen LogP contribution is -2.49. The van der Waals surface area contributed by atoms with Gasteiger partial charge >= 0.3 is 0 Å². The van der Waals surface area contributed by atoms with Gasteiger partial charge in [-0.05, 0) is 48.7 Å². The number of hydrogen-bond acceptors (Lipinski definition) is 4. The fourth-order valence-electron chi connectivity index (χ4n) is 4.56. The average Bonchev–Trinajstić information content (AvgIpc) is 3.31. The Morgan fingerprint density at radius 3 is 2.57 bits per heavy atom. The van der Waals surface area contributed by atoms with Crippen molar-refractivity contribution in [1.29, 1.82) is 0 Å². The lowest BCUT2D eigenvalue weighted by molar-refractivity contribution is 0.0594. The van der Waals surface area contributed by atoms with Gasteiger partial charge in [-0.1, -0.05) is 18.2 Å². The number of anilines is 1. The van der Waals surface area contributed by atoms with Gasteiger partial charge in [0.15, 0.2) is 5.76 Å². The van der Waals surface area contributed by atoms with E-state index >= 15 is 0 Å². The van der Waals surface area contributed by atoms with Crippen LogP contribution < -0.4 is 10.9 Å². The number of nitrogens with one attached hydrogen (secondary N) is 1. The Hall–Kier alpha value is -3.61. The third-order valence-corrected chi connectivity index (χ3v) is 5.91. The third kappa shape index (κ3) is 3.22. The van der Waals surface area contributed by atoms with Crippen molar-refractivity contribution in [2.45, 2.75) is 18.9 Å². The number of aromatic nitrogens is 1. The molecule has 2 bridgehead atoms. The number of pyridine rings is 1. The molecule has 0 radical (unpaired) electrons. The van der Waals surface area contributed by atoms with Crippen molar-refractivity contribution in [2.75, 3.05) is 18.4 Å². The van der Waals surface area contributed by atoms with Crippen molar-refractivity contribution >= 4 is 17.5 Å². The Balaban J connectivity index is 1.39. The molecule has 5 rings (SSSR count). The van der Waals surface area contributed by atoms with E-state index in [1.54, 1.807) is 22.8 Å². The molecule has 0 saturated carbocycles. The fourth-order valence-corrected chi connectivity index (χ4v) is 4.56. The first-order chi connectivity index (χ1) is 14.6. The fraction of sp³-hybridized carbons (Fsp3) is 0.261. The Kier molecular flexibility index (Phi) is 4.50. The number of rotatable bonds is 3. The Bertz CT molecular complexity index is 1150. The number of fused-ring (bicyclic) bond motifs is 4. The summed E-state index contributed by atoms with van der Waals surface area (Å²) in [4.78, 5) is 40.1. The zero-order valence-electron chi connectivity index (χ0n) is 16.3. The zero-order chi connectivity index (χ0) is 20.7. The third-order valence-electron chi connectivity index (χ3n) is 5.91. The summed E-state index contributed by atoms with van der Waals surface area (Å²) in [5.41, 5.74) is 1.62. The van der Waals surface area contributed by atoms with Crippen LogP contribution in [0.2, 0.25) is 0 Å². The van der Waals surface area contributed by atoms with Gasteiger partial charge in [-0.2, -0.15) is 0 Å². The van der Waals surface area contributed by atoms with E-state index in [9.17, 15) is 14.4 Å². The van der Waals surface area contributed by atoms with E-state index in [2.05, 4.69) is 5.32 Å². The maximum atomic E-state index is 13.0. The lowest BCUT2D eigenvalue weighted by Gasteiger charge is -2.43. The molecule has 2 aromatic heterocycles. The normalized spacial score (nSPS) is 19.8. The van der Waals surface area contributed by atoms with Crippen LogP contribution in [0.25, 0.3) is 0 Å². The van der Waals surface area contributed by atoms with E-state index in [1.165, 1.54) is 6.26 Å². The van der Waals surface area contributed by atoms with Gasteiger partial charge in [0, 0.05) is 36.8 Å². The standard InChI is InChI=1S/C23H21N3O4/c27-21(20-7-4-10-30-20)24-18-8-9-19-17-11-15(13-26(19)23(18)29)12-25(14-17)22(28)16-5-2-1-3-6-16/h1-10,15,17H,11-14H2,(H,24,27)/t15-,17-/m1/s1. The summed E-state index contributed by atoms with van der Waals surface area (Å²) in [5, 5.41) is 2.65. The van der Waals surface area contributed by atoms with Crippen molar-refractivity contribution in [3.8, 4) is 0 Å². The highest BCUT2D eigenvalue weighted by Gasteiger charge is 2.37. The highest BCUT2D eigenvalue weighted by molar-refractivity contribution is 6.02. The van der Waals surface area contributed by atoms with Crippen LogP contribution in [0.15, 0.2) is 70.1 Å². The summed E-state index contributed by atoms with van der Waals surface area (Å²) in [6.45, 7) is 1.74. The molecule has 1 saturated heterocycles. The van der Waals surface area contributed by atoms with E-state index in [-0.39, 0.29) is 34.7 Å². The lowest BCUT2D eigenvalue weighted by atomic mass is 9.83. The van der Waals surface area contributed by atoms with E-state index in [4.69, 9.17) is 4.42 Å². The zero-order valence-corrected chi connectivity index (χ0v) is 16.3. The average molecular weight is 403 g/mol. The number of benzene rings is 1. The van der Waals surface area contributed by atoms with Crippen molar-refractivity contribution in [3.63, 3.8) is 0 Å². The van der Waals surface area contributed by atoms with Gasteiger partial charge in [0.25, 0.3) is 17.4 Å². The molecule has 0 unspecified atom stereocenters. The number of piperidine rings is 1. The highest BCUT2D eigenvalue weighted by Crippen LogP contribution is 2.36. The van der Waals surface area contributed by atoms with Gasteiger partial charge in [0.05, 0.1) is 6.26 Å². The SMILES string of the molecule is O=C(Nc1ccc2n(c1=O)C[C@@H]1C[C@@H]2CN(C(=O)c2ccccc2)C1)c1ccco1. The molecule has 2 amide bonds. The number of amides is 2. The van der Waals surface area contributed by atoms with Crippen LogP contribution in [-0.2, 0) is 6.54 Å². The molecule has 152 valence electrons. The molecule has 2 aliphatic rings. The van der Waals surface area contributed by atoms with Gasteiger partial charge in [-0.15, -0.1) is 0 Å². The summed E-state index contributed by atoms with van der Waals surface area (Å²) in [7, 11) is 0. The number of carbonyl (C=O) groups excluding carboxylic acids is 2. The maximum absolute atomic E-state index is 13.0. The molecule has 7 heteroatoms. The topological polar surface area (TPSA) is 84.5 Å². The van der Waals surface area contributed by atoms with Crippen molar-refractivity contribution < 1.29 is 14.0 Å². The van der Waals surface area contributed by atoms with Crippen LogP contribution in [0.3, 0.4) is 0 Å². The van der Waals surface area contributed by atoms with Crippen LogP contribution in [-0.4, -0.2) is 34.4 Å². The second-order valence-electron chi connectivity index (χ2n) is 7.89. The molecular formula is C23H21N3O4. The number of nitrogens with zero attached hydrogens (tertiary/aromatic N) is 2. The van der Waals surface area contributed by atoms with Gasteiger partial charge in [0.2, 0.25) is 0 Å². The van der Waals surface area contributed by atoms with E-state index in [0.29, 0.717) is 25.2 Å². The largest absolute Gasteiger partial charge is 0.459 e. The molecule has 30 heavy (non-hydrogen) atoms. The van der Waals surface area contributed by atoms with Gasteiger partial charge in [0.1, 0.15) is 5.69 Å². The predicted octanol–water partition coefficient (Wildman–Crippen LogP) is 2.95. The molecule has 7 nitrogen and oxygen atoms in total. The molecule has 3 aromatic rings. The van der Waals surface area contributed by atoms with Crippen LogP contribution in [0, 0.1) is 5.92 Å². The van der Waals surface area contributed by atoms with E-state index in [0.717, 1.165) is 12.1 Å². The van der Waals surface area contributed by atoms with Crippen molar-refractivity contribution in [1.82, 2.24) is 9.47 Å². The second-order valence-corrected chi connectivity index (χ2v) is 7.89. The van der Waals surface area contributed by atoms with Crippen LogP contribution >= 0.6 is 0 Å². The highest BCUT2D eigenvalue weighted by atomic mass is 16.3. The molecule has 2 aliphatic heterocycles. The molecule has 0 aliphatic carbocycles. The van der Waals surface area contributed by atoms with Gasteiger partial charge in [-0.3, -0.25) is 14.4 Å². The molecule has 2 atom stereocenters. The Morgan fingerprint density at radius 1 is 0.967 bits per heavy atom. The van der Waals surface area contributed by atoms with Crippen molar-refractivity contribution in [2.24, 2.45) is 5.92 Å². The molecular weight excluding hydrogens is 382 g/mol. The minimum Gasteiger partial charge on any atom is -0.459 e. The van der Waals surface area contributed by atoms with Crippen molar-refractivity contribution in [3.05, 3.63) is 88.2 Å². The molecule has 1 N–H and O–H groups in total. The van der Waals surface area contributed by atoms with E-state index in [1.807, 2.05) is 41.3 Å². The first kappa shape index (κ1) is 18.4. The Morgan fingerprint density at radius 2 is 1.80 bits per heavy atom. The number of furan rings is 1. The number of carbonyl (C=O) groups is 2. The summed E-state index contributed by atoms with van der Waals surface area (Å²) in [6.07, 6.45) is 2.37. The minimum absolute atomic E-state index is 0.0310. The first-order valence-corrected chi connectivity index (χ1v) is 10.0. The summed E-state index contributed by atoms with van der Waals surface area (Å²) in [5.74, 6) is 0.0473. The molecule has 0 spiro atoms. The first-order valence-electron chi connectivity index (χ1n) is 10.0. The molecule has 1 aromatic carbocycles. The summed E-state index contributed by atoms with van der Waals surface area (Å²) in [6, 6.07) is 16.0. The van der Waals surface area contributed by atoms with Crippen LogP contribution in [0.4, 0.5) is 5.69 Å². The summed E-state index contributed by atoms with van der Waals surface area (Å²) < 4.78 is 6.84. The second kappa shape index (κ2) is 7.33. The molecule has 4 heterocycles. The number of likely N-dealkylation sites (tertiary alicyclic amines) is 1. The van der Waals surface area contributed by atoms with Gasteiger partial charge in [-0.25, -0.2) is 0 Å². The summed E-state index contributed by atoms with van der Waals surface area (Å²) >= 11 is 0. The molecule has 1 fully saturated rings. The number of hydrogen-bond donors (Lipinski definition) is 1. The quantitative estimate of drug-likeness (QED) is 0.729. The van der Waals surface area contributed by atoms with E-state index < -0.39 is 5.91 Å². The predicted molar refractivity (Wildman–Crippen MR) is 111 cm³/mol. The monoisotopic (exact) mass is 403 g/mol. The van der Waals surface area contributed by atoms with Crippen LogP contribution in [0.5, 0.6) is 0 Å². The minimum atomic E-state index is -0.451. The smallest absolute Gasteiger partial charge is 0.291 e. The Labute approximate surface area is 172 Å². The van der Waals surface area contributed by atoms with Crippen LogP contribution in [0.1, 0.15) is 38.9 Å². The van der Waals surface area contributed by atoms with Gasteiger partial charge < -0.3 is 19.2 Å². The maximum Gasteiger partial charge on any atom is 0.291 e.